The lowest BCUT2D eigenvalue weighted by atomic mass is 9.95. The van der Waals surface area contributed by atoms with Gasteiger partial charge < -0.3 is 10.6 Å². The Morgan fingerprint density at radius 1 is 1.12 bits per heavy atom. The van der Waals surface area contributed by atoms with E-state index >= 15 is 0 Å². The zero-order chi connectivity index (χ0) is 16.7. The number of pyridine rings is 1. The van der Waals surface area contributed by atoms with Gasteiger partial charge in [-0.3, -0.25) is 9.20 Å². The van der Waals surface area contributed by atoms with Gasteiger partial charge in [0.2, 0.25) is 0 Å². The molecule has 1 aliphatic rings. The fraction of sp³-hybridized carbons (Fsp3) is 0.222. The van der Waals surface area contributed by atoms with Crippen LogP contribution in [0.3, 0.4) is 0 Å². The fourth-order valence-electron chi connectivity index (χ4n) is 3.28. The number of rotatable bonds is 2. The molecule has 3 aromatic rings. The molecule has 2 atom stereocenters. The summed E-state index contributed by atoms with van der Waals surface area (Å²) in [5.74, 6) is 0.458. The minimum atomic E-state index is -0.258. The average molecular weight is 324 g/mol. The molecule has 0 saturated carbocycles. The van der Waals surface area contributed by atoms with Crippen molar-refractivity contribution in [1.29, 1.82) is 0 Å². The van der Waals surface area contributed by atoms with E-state index < -0.39 is 0 Å². The molecule has 6 heteroatoms. The molecule has 0 radical (unpaired) electrons. The Labute approximate surface area is 138 Å². The van der Waals surface area contributed by atoms with Crippen molar-refractivity contribution in [3.05, 3.63) is 76.5 Å². The normalized spacial score (nSPS) is 20.7. The molecule has 1 saturated heterocycles. The SMILES string of the molecule is N[C@@H]1CN(c2cc(=O)n3ccccc3n2)C[C@H]1c1ccc(F)cc1. The van der Waals surface area contributed by atoms with Crippen LogP contribution in [0.15, 0.2) is 59.5 Å². The van der Waals surface area contributed by atoms with Crippen molar-refractivity contribution in [3.63, 3.8) is 0 Å². The number of halogens is 1. The van der Waals surface area contributed by atoms with E-state index in [1.807, 2.05) is 11.0 Å². The van der Waals surface area contributed by atoms with Gasteiger partial charge in [0.1, 0.15) is 17.3 Å². The second kappa shape index (κ2) is 5.72. The summed E-state index contributed by atoms with van der Waals surface area (Å²) in [4.78, 5) is 18.8. The van der Waals surface area contributed by atoms with Crippen molar-refractivity contribution in [2.45, 2.75) is 12.0 Å². The van der Waals surface area contributed by atoms with Crippen LogP contribution in [-0.2, 0) is 0 Å². The third-order valence-electron chi connectivity index (χ3n) is 4.54. The summed E-state index contributed by atoms with van der Waals surface area (Å²) in [6.07, 6.45) is 1.70. The Balaban J connectivity index is 1.66. The van der Waals surface area contributed by atoms with E-state index in [4.69, 9.17) is 5.73 Å². The van der Waals surface area contributed by atoms with Crippen molar-refractivity contribution in [3.8, 4) is 0 Å². The third kappa shape index (κ3) is 2.55. The lowest BCUT2D eigenvalue weighted by molar-refractivity contribution is 0.620. The molecular formula is C18H17FN4O. The Bertz CT molecular complexity index is 938. The minimum Gasteiger partial charge on any atom is -0.354 e. The zero-order valence-corrected chi connectivity index (χ0v) is 13.0. The van der Waals surface area contributed by atoms with Crippen LogP contribution in [-0.4, -0.2) is 28.5 Å². The van der Waals surface area contributed by atoms with Gasteiger partial charge in [-0.2, -0.15) is 0 Å². The molecule has 2 N–H and O–H groups in total. The largest absolute Gasteiger partial charge is 0.354 e. The van der Waals surface area contributed by atoms with Gasteiger partial charge in [-0.05, 0) is 29.8 Å². The number of benzene rings is 1. The quantitative estimate of drug-likeness (QED) is 0.780. The van der Waals surface area contributed by atoms with Gasteiger partial charge in [-0.1, -0.05) is 18.2 Å². The summed E-state index contributed by atoms with van der Waals surface area (Å²) in [5, 5.41) is 0. The molecule has 0 unspecified atom stereocenters. The predicted octanol–water partition coefficient (Wildman–Crippen LogP) is 1.76. The van der Waals surface area contributed by atoms with Crippen molar-refractivity contribution in [2.75, 3.05) is 18.0 Å². The second-order valence-corrected chi connectivity index (χ2v) is 6.11. The Kier molecular flexibility index (Phi) is 3.54. The Hall–Kier alpha value is -2.73. The maximum Gasteiger partial charge on any atom is 0.259 e. The molecule has 0 aliphatic carbocycles. The number of nitrogens with two attached hydrogens (primary N) is 1. The molecule has 1 fully saturated rings. The Morgan fingerprint density at radius 3 is 2.71 bits per heavy atom. The van der Waals surface area contributed by atoms with E-state index in [2.05, 4.69) is 4.98 Å². The first-order valence-corrected chi connectivity index (χ1v) is 7.86. The second-order valence-electron chi connectivity index (χ2n) is 6.11. The molecule has 4 rings (SSSR count). The number of hydrogen-bond donors (Lipinski definition) is 1. The molecule has 5 nitrogen and oxygen atoms in total. The smallest absolute Gasteiger partial charge is 0.259 e. The van der Waals surface area contributed by atoms with E-state index in [1.54, 1.807) is 30.5 Å². The molecule has 0 amide bonds. The van der Waals surface area contributed by atoms with Crippen molar-refractivity contribution < 1.29 is 4.39 Å². The minimum absolute atomic E-state index is 0.0848. The third-order valence-corrected chi connectivity index (χ3v) is 4.54. The number of aromatic nitrogens is 2. The van der Waals surface area contributed by atoms with Gasteiger partial charge in [-0.15, -0.1) is 0 Å². The van der Waals surface area contributed by atoms with Crippen molar-refractivity contribution >= 4 is 11.5 Å². The van der Waals surface area contributed by atoms with Gasteiger partial charge >= 0.3 is 0 Å². The van der Waals surface area contributed by atoms with Crippen LogP contribution in [0.1, 0.15) is 11.5 Å². The standard InChI is InChI=1S/C18H17FN4O/c19-13-6-4-12(5-7-13)14-10-22(11-15(14)20)17-9-18(24)23-8-2-1-3-16(23)21-17/h1-9,14-15H,10-11,20H2/t14-,15+/m0/s1. The molecule has 1 aliphatic heterocycles. The zero-order valence-electron chi connectivity index (χ0n) is 13.0. The lowest BCUT2D eigenvalue weighted by Gasteiger charge is -2.17. The van der Waals surface area contributed by atoms with E-state index in [0.29, 0.717) is 24.6 Å². The molecule has 0 bridgehead atoms. The maximum absolute atomic E-state index is 13.1. The van der Waals surface area contributed by atoms with E-state index in [-0.39, 0.29) is 23.3 Å². The summed E-state index contributed by atoms with van der Waals surface area (Å²) in [6.45, 7) is 1.26. The predicted molar refractivity (Wildman–Crippen MR) is 90.8 cm³/mol. The highest BCUT2D eigenvalue weighted by atomic mass is 19.1. The van der Waals surface area contributed by atoms with Gasteiger partial charge in [0.15, 0.2) is 0 Å². The van der Waals surface area contributed by atoms with E-state index in [1.165, 1.54) is 22.6 Å². The monoisotopic (exact) mass is 324 g/mol. The van der Waals surface area contributed by atoms with Crippen LogP contribution in [0, 0.1) is 5.82 Å². The molecule has 3 heterocycles. The van der Waals surface area contributed by atoms with Gasteiger partial charge in [0.25, 0.3) is 5.56 Å². The number of nitrogens with zero attached hydrogens (tertiary/aromatic N) is 3. The number of anilines is 1. The first-order chi connectivity index (χ1) is 11.6. The van der Waals surface area contributed by atoms with Crippen LogP contribution >= 0.6 is 0 Å². The lowest BCUT2D eigenvalue weighted by Crippen LogP contribution is -2.29. The number of hydrogen-bond acceptors (Lipinski definition) is 4. The molecule has 24 heavy (non-hydrogen) atoms. The van der Waals surface area contributed by atoms with E-state index in [0.717, 1.165) is 5.56 Å². The average Bonchev–Trinajstić information content (AvgIpc) is 2.97. The summed E-state index contributed by atoms with van der Waals surface area (Å²) in [6, 6.07) is 13.3. The number of fused-ring (bicyclic) bond motifs is 1. The summed E-state index contributed by atoms with van der Waals surface area (Å²) < 4.78 is 14.6. The van der Waals surface area contributed by atoms with Crippen molar-refractivity contribution in [1.82, 2.24) is 9.38 Å². The molecule has 2 aromatic heterocycles. The summed E-state index contributed by atoms with van der Waals surface area (Å²) in [7, 11) is 0. The van der Waals surface area contributed by atoms with Gasteiger partial charge in [0.05, 0.1) is 0 Å². The first kappa shape index (κ1) is 14.8. The van der Waals surface area contributed by atoms with E-state index in [9.17, 15) is 9.18 Å². The Morgan fingerprint density at radius 2 is 1.92 bits per heavy atom. The fourth-order valence-corrected chi connectivity index (χ4v) is 3.28. The van der Waals surface area contributed by atoms with Crippen molar-refractivity contribution in [2.24, 2.45) is 5.73 Å². The topological polar surface area (TPSA) is 63.6 Å². The molecule has 122 valence electrons. The maximum atomic E-state index is 13.1. The first-order valence-electron chi connectivity index (χ1n) is 7.86. The molecule has 1 aromatic carbocycles. The van der Waals surface area contributed by atoms with Gasteiger partial charge in [0, 0.05) is 37.3 Å². The summed E-state index contributed by atoms with van der Waals surface area (Å²) in [5.41, 5.74) is 7.78. The highest BCUT2D eigenvalue weighted by Crippen LogP contribution is 2.29. The highest BCUT2D eigenvalue weighted by Gasteiger charge is 2.32. The van der Waals surface area contributed by atoms with Gasteiger partial charge in [-0.25, -0.2) is 9.37 Å². The van der Waals surface area contributed by atoms with Crippen LogP contribution in [0.25, 0.3) is 5.65 Å². The molecular weight excluding hydrogens is 307 g/mol. The van der Waals surface area contributed by atoms with Crippen LogP contribution < -0.4 is 16.2 Å². The summed E-state index contributed by atoms with van der Waals surface area (Å²) >= 11 is 0. The highest BCUT2D eigenvalue weighted by molar-refractivity contribution is 5.50. The van der Waals surface area contributed by atoms with Crippen LogP contribution in [0.2, 0.25) is 0 Å². The van der Waals surface area contributed by atoms with Crippen LogP contribution in [0.4, 0.5) is 10.2 Å². The molecule has 0 spiro atoms. The van der Waals surface area contributed by atoms with Crippen LogP contribution in [0.5, 0.6) is 0 Å².